The van der Waals surface area contributed by atoms with Gasteiger partial charge in [0.15, 0.2) is 0 Å². The number of carbonyl (C=O) groups is 1. The van der Waals surface area contributed by atoms with Crippen LogP contribution in [-0.4, -0.2) is 34.1 Å². The molecule has 1 atom stereocenters. The smallest absolute Gasteiger partial charge is 0.316 e. The van der Waals surface area contributed by atoms with E-state index < -0.39 is 0 Å². The third-order valence-corrected chi connectivity index (χ3v) is 2.62. The highest BCUT2D eigenvalue weighted by atomic mass is 35.5. The average Bonchev–Trinajstić information content (AvgIpc) is 3.00. The fourth-order valence-corrected chi connectivity index (χ4v) is 1.46. The third kappa shape index (κ3) is 3.59. The minimum absolute atomic E-state index is 0.0513. The highest BCUT2D eigenvalue weighted by Gasteiger charge is 2.26. The van der Waals surface area contributed by atoms with Crippen LogP contribution in [0.25, 0.3) is 0 Å². The predicted octanol–water partition coefficient (Wildman–Crippen LogP) is 0.930. The Morgan fingerprint density at radius 2 is 2.35 bits per heavy atom. The first-order valence-electron chi connectivity index (χ1n) is 5.64. The molecule has 0 spiro atoms. The largest absolute Gasteiger partial charge is 0.408 e. The monoisotopic (exact) mass is 258 g/mol. The van der Waals surface area contributed by atoms with Crippen LogP contribution in [0.2, 0.25) is 0 Å². The van der Waals surface area contributed by atoms with Gasteiger partial charge in [-0.05, 0) is 19.8 Å². The number of anilines is 1. The number of aryl methyl sites for hydroxylation is 1. The second kappa shape index (κ2) is 5.35. The van der Waals surface area contributed by atoms with Crippen LogP contribution < -0.4 is 10.6 Å². The van der Waals surface area contributed by atoms with E-state index in [0.29, 0.717) is 24.2 Å². The molecule has 1 aliphatic rings. The Labute approximate surface area is 104 Å². The summed E-state index contributed by atoms with van der Waals surface area (Å²) in [5.74, 6) is 0.848. The van der Waals surface area contributed by atoms with Crippen molar-refractivity contribution in [3.8, 4) is 0 Å². The molecule has 0 saturated heterocycles. The second-order valence-corrected chi connectivity index (χ2v) is 4.47. The van der Waals surface area contributed by atoms with Gasteiger partial charge < -0.3 is 15.1 Å². The number of amides is 1. The van der Waals surface area contributed by atoms with Gasteiger partial charge in [-0.25, -0.2) is 0 Å². The summed E-state index contributed by atoms with van der Waals surface area (Å²) < 4.78 is 5.27. The minimum atomic E-state index is -0.389. The molecule has 1 fully saturated rings. The molecule has 0 aliphatic heterocycles. The van der Waals surface area contributed by atoms with E-state index in [1.807, 2.05) is 0 Å². The van der Waals surface area contributed by atoms with Gasteiger partial charge in [0.05, 0.1) is 0 Å². The SMILES string of the molecule is CC(Nc1nnc(CCCl)o1)C(=O)NC1CC1. The van der Waals surface area contributed by atoms with Crippen molar-refractivity contribution in [2.75, 3.05) is 11.2 Å². The van der Waals surface area contributed by atoms with Gasteiger partial charge in [-0.2, -0.15) is 0 Å². The zero-order valence-corrected chi connectivity index (χ0v) is 10.3. The molecule has 2 rings (SSSR count). The second-order valence-electron chi connectivity index (χ2n) is 4.09. The lowest BCUT2D eigenvalue weighted by atomic mass is 10.3. The summed E-state index contributed by atoms with van der Waals surface area (Å²) in [7, 11) is 0. The number of aromatic nitrogens is 2. The number of alkyl halides is 1. The number of hydrogen-bond donors (Lipinski definition) is 2. The summed E-state index contributed by atoms with van der Waals surface area (Å²) in [4.78, 5) is 11.6. The molecule has 0 bridgehead atoms. The quantitative estimate of drug-likeness (QED) is 0.742. The van der Waals surface area contributed by atoms with Crippen LogP contribution in [0.15, 0.2) is 4.42 Å². The van der Waals surface area contributed by atoms with E-state index >= 15 is 0 Å². The van der Waals surface area contributed by atoms with Gasteiger partial charge in [0.2, 0.25) is 11.8 Å². The van der Waals surface area contributed by atoms with Gasteiger partial charge in [0.25, 0.3) is 0 Å². The minimum Gasteiger partial charge on any atom is -0.408 e. The molecule has 0 radical (unpaired) electrons. The molecule has 94 valence electrons. The lowest BCUT2D eigenvalue weighted by Crippen LogP contribution is -2.38. The fourth-order valence-electron chi connectivity index (χ4n) is 1.30. The molecule has 1 amide bonds. The molecule has 1 aromatic heterocycles. The van der Waals surface area contributed by atoms with Crippen LogP contribution in [0.1, 0.15) is 25.7 Å². The van der Waals surface area contributed by atoms with E-state index in [2.05, 4.69) is 20.8 Å². The number of hydrogen-bond acceptors (Lipinski definition) is 5. The van der Waals surface area contributed by atoms with Gasteiger partial charge in [-0.1, -0.05) is 5.10 Å². The molecule has 2 N–H and O–H groups in total. The zero-order chi connectivity index (χ0) is 12.3. The summed E-state index contributed by atoms with van der Waals surface area (Å²) in [5, 5.41) is 13.3. The number of nitrogens with one attached hydrogen (secondary N) is 2. The maximum atomic E-state index is 11.6. The molecule has 17 heavy (non-hydrogen) atoms. The molecule has 0 aromatic carbocycles. The van der Waals surface area contributed by atoms with Gasteiger partial charge in [0, 0.05) is 18.3 Å². The summed E-state index contributed by atoms with van der Waals surface area (Å²) in [6, 6.07) is 0.213. The Balaban J connectivity index is 1.83. The summed E-state index contributed by atoms with van der Waals surface area (Å²) in [6.07, 6.45) is 2.66. The number of halogens is 1. The van der Waals surface area contributed by atoms with Crippen LogP contribution in [0.4, 0.5) is 6.01 Å². The van der Waals surface area contributed by atoms with Gasteiger partial charge in [-0.15, -0.1) is 16.7 Å². The highest BCUT2D eigenvalue weighted by Crippen LogP contribution is 2.18. The first kappa shape index (κ1) is 12.2. The summed E-state index contributed by atoms with van der Waals surface area (Å²) in [5.41, 5.74) is 0. The molecule has 6 nitrogen and oxygen atoms in total. The first-order valence-corrected chi connectivity index (χ1v) is 6.17. The topological polar surface area (TPSA) is 80.1 Å². The Morgan fingerprint density at radius 1 is 1.59 bits per heavy atom. The van der Waals surface area contributed by atoms with Crippen molar-refractivity contribution in [1.82, 2.24) is 15.5 Å². The normalized spacial score (nSPS) is 16.6. The molecule has 7 heteroatoms. The van der Waals surface area contributed by atoms with Crippen LogP contribution in [0, 0.1) is 0 Å². The van der Waals surface area contributed by atoms with Crippen LogP contribution >= 0.6 is 11.6 Å². The van der Waals surface area contributed by atoms with Crippen molar-refractivity contribution in [2.24, 2.45) is 0 Å². The Hall–Kier alpha value is -1.30. The molecular formula is C10H15ClN4O2. The summed E-state index contributed by atoms with van der Waals surface area (Å²) >= 11 is 5.55. The Morgan fingerprint density at radius 3 is 3.00 bits per heavy atom. The number of nitrogens with zero attached hydrogens (tertiary/aromatic N) is 2. The van der Waals surface area contributed by atoms with Crippen molar-refractivity contribution in [3.05, 3.63) is 5.89 Å². The lowest BCUT2D eigenvalue weighted by molar-refractivity contribution is -0.121. The van der Waals surface area contributed by atoms with Gasteiger partial charge >= 0.3 is 6.01 Å². The van der Waals surface area contributed by atoms with Gasteiger partial charge in [-0.3, -0.25) is 4.79 Å². The van der Waals surface area contributed by atoms with E-state index in [1.54, 1.807) is 6.92 Å². The van der Waals surface area contributed by atoms with Crippen molar-refractivity contribution >= 4 is 23.5 Å². The van der Waals surface area contributed by atoms with Crippen LogP contribution in [0.3, 0.4) is 0 Å². The Kier molecular flexibility index (Phi) is 3.83. The van der Waals surface area contributed by atoms with Crippen molar-refractivity contribution < 1.29 is 9.21 Å². The Bertz CT molecular complexity index is 391. The van der Waals surface area contributed by atoms with Gasteiger partial charge in [0.1, 0.15) is 6.04 Å². The standard InChI is InChI=1S/C10H15ClN4O2/c1-6(9(16)13-7-2-3-7)12-10-15-14-8(17-10)4-5-11/h6-7H,2-5H2,1H3,(H,12,15)(H,13,16). The van der Waals surface area contributed by atoms with Crippen LogP contribution in [0.5, 0.6) is 0 Å². The zero-order valence-electron chi connectivity index (χ0n) is 9.57. The predicted molar refractivity (Wildman–Crippen MR) is 63.0 cm³/mol. The maximum absolute atomic E-state index is 11.6. The average molecular weight is 259 g/mol. The highest BCUT2D eigenvalue weighted by molar-refractivity contribution is 6.17. The summed E-state index contributed by atoms with van der Waals surface area (Å²) in [6.45, 7) is 1.75. The molecule has 1 aliphatic carbocycles. The number of rotatable bonds is 6. The fraction of sp³-hybridized carbons (Fsp3) is 0.700. The van der Waals surface area contributed by atoms with Crippen LogP contribution in [-0.2, 0) is 11.2 Å². The maximum Gasteiger partial charge on any atom is 0.316 e. The molecule has 1 unspecified atom stereocenters. The van der Waals surface area contributed by atoms with E-state index in [0.717, 1.165) is 12.8 Å². The van der Waals surface area contributed by atoms with E-state index in [4.69, 9.17) is 16.0 Å². The molecular weight excluding hydrogens is 244 g/mol. The molecule has 1 aromatic rings. The lowest BCUT2D eigenvalue weighted by Gasteiger charge is -2.11. The third-order valence-electron chi connectivity index (χ3n) is 2.43. The van der Waals surface area contributed by atoms with E-state index in [-0.39, 0.29) is 18.0 Å². The first-order chi connectivity index (χ1) is 8.19. The van der Waals surface area contributed by atoms with Crippen molar-refractivity contribution in [3.63, 3.8) is 0 Å². The molecule has 1 saturated carbocycles. The molecule has 1 heterocycles. The number of carbonyl (C=O) groups excluding carboxylic acids is 1. The van der Waals surface area contributed by atoms with E-state index in [1.165, 1.54) is 0 Å². The van der Waals surface area contributed by atoms with Crippen molar-refractivity contribution in [1.29, 1.82) is 0 Å². The van der Waals surface area contributed by atoms with Crippen molar-refractivity contribution in [2.45, 2.75) is 38.3 Å². The van der Waals surface area contributed by atoms with E-state index in [9.17, 15) is 4.79 Å².